The number of fused-ring (bicyclic) bond motifs is 2. The number of amides is 2. The van der Waals surface area contributed by atoms with Crippen LogP contribution in [-0.4, -0.2) is 41.4 Å². The lowest BCUT2D eigenvalue weighted by molar-refractivity contribution is -0.116. The molecule has 0 radical (unpaired) electrons. The highest BCUT2D eigenvalue weighted by atomic mass is 32.2. The molecule has 0 bridgehead atoms. The van der Waals surface area contributed by atoms with Gasteiger partial charge in [-0.3, -0.25) is 14.9 Å². The van der Waals surface area contributed by atoms with E-state index < -0.39 is 0 Å². The quantitative estimate of drug-likeness (QED) is 0.302. The molecule has 1 aliphatic heterocycles. The lowest BCUT2D eigenvalue weighted by Crippen LogP contribution is -2.36. The zero-order valence-electron chi connectivity index (χ0n) is 18.5. The molecule has 2 heterocycles. The first-order chi connectivity index (χ1) is 16.6. The molecule has 9 heteroatoms. The molecule has 0 aliphatic carbocycles. The van der Waals surface area contributed by atoms with E-state index in [1.165, 1.54) is 28.7 Å². The van der Waals surface area contributed by atoms with Gasteiger partial charge >= 0.3 is 0 Å². The van der Waals surface area contributed by atoms with Crippen molar-refractivity contribution in [3.05, 3.63) is 71.8 Å². The minimum atomic E-state index is -0.323. The number of carbonyl (C=O) groups is 2. The van der Waals surface area contributed by atoms with Crippen molar-refractivity contribution in [2.75, 3.05) is 29.6 Å². The number of aromatic nitrogens is 2. The summed E-state index contributed by atoms with van der Waals surface area (Å²) in [6.45, 7) is 0.724. The van der Waals surface area contributed by atoms with E-state index in [-0.39, 0.29) is 17.6 Å². The van der Waals surface area contributed by atoms with Crippen LogP contribution in [0, 0.1) is 0 Å². The van der Waals surface area contributed by atoms with Crippen molar-refractivity contribution in [2.24, 2.45) is 0 Å². The maximum absolute atomic E-state index is 12.9. The van der Waals surface area contributed by atoms with Gasteiger partial charge in [-0.05, 0) is 35.9 Å². The predicted molar refractivity (Wildman–Crippen MR) is 136 cm³/mol. The number of methoxy groups -OCH3 is 1. The zero-order valence-corrected chi connectivity index (χ0v) is 20.1. The molecular formula is C25H22N4O3S2. The van der Waals surface area contributed by atoms with Gasteiger partial charge in [0.05, 0.1) is 18.4 Å². The molecule has 0 unspecified atom stereocenters. The van der Waals surface area contributed by atoms with Gasteiger partial charge in [-0.25, -0.2) is 0 Å². The van der Waals surface area contributed by atoms with E-state index in [0.29, 0.717) is 20.8 Å². The first kappa shape index (κ1) is 22.4. The monoisotopic (exact) mass is 490 g/mol. The van der Waals surface area contributed by atoms with Crippen LogP contribution in [0.1, 0.15) is 22.3 Å². The number of aryl methyl sites for hydroxylation is 1. The van der Waals surface area contributed by atoms with Gasteiger partial charge in [0.15, 0.2) is 4.34 Å². The van der Waals surface area contributed by atoms with Crippen molar-refractivity contribution in [2.45, 2.75) is 17.2 Å². The fourth-order valence-corrected chi connectivity index (χ4v) is 5.74. The SMILES string of the molecule is COc1c(C(=O)Nc2nnc(SCC(=O)N3CCCc4ccccc43)s2)ccc2ccccc12. The van der Waals surface area contributed by atoms with Crippen molar-refractivity contribution >= 4 is 56.5 Å². The standard InChI is InChI=1S/C25H22N4O3S2/c1-32-22-18-10-4-2-7-16(18)12-13-19(22)23(31)26-24-27-28-25(34-24)33-15-21(30)29-14-6-9-17-8-3-5-11-20(17)29/h2-5,7-8,10-13H,6,9,14-15H2,1H3,(H,26,27,31). The zero-order chi connectivity index (χ0) is 23.5. The van der Waals surface area contributed by atoms with Gasteiger partial charge in [-0.1, -0.05) is 71.6 Å². The normalized spacial score (nSPS) is 12.9. The molecule has 0 spiro atoms. The summed E-state index contributed by atoms with van der Waals surface area (Å²) in [5.74, 6) is 0.493. The van der Waals surface area contributed by atoms with E-state index >= 15 is 0 Å². The van der Waals surface area contributed by atoms with Crippen LogP contribution in [0.25, 0.3) is 10.8 Å². The van der Waals surface area contributed by atoms with Gasteiger partial charge < -0.3 is 9.64 Å². The van der Waals surface area contributed by atoms with Crippen LogP contribution in [0.5, 0.6) is 5.75 Å². The highest BCUT2D eigenvalue weighted by molar-refractivity contribution is 8.01. The molecule has 7 nitrogen and oxygen atoms in total. The van der Waals surface area contributed by atoms with E-state index in [4.69, 9.17) is 4.74 Å². The number of anilines is 2. The average molecular weight is 491 g/mol. The number of carbonyl (C=O) groups excluding carboxylic acids is 2. The highest BCUT2D eigenvalue weighted by Crippen LogP contribution is 2.32. The Bertz CT molecular complexity index is 1370. The van der Waals surface area contributed by atoms with Gasteiger partial charge in [0.25, 0.3) is 5.91 Å². The van der Waals surface area contributed by atoms with Crippen molar-refractivity contribution in [1.29, 1.82) is 0 Å². The molecule has 5 rings (SSSR count). The fraction of sp³-hybridized carbons (Fsp3) is 0.200. The van der Waals surface area contributed by atoms with E-state index in [2.05, 4.69) is 21.6 Å². The van der Waals surface area contributed by atoms with E-state index in [9.17, 15) is 9.59 Å². The summed E-state index contributed by atoms with van der Waals surface area (Å²) in [7, 11) is 1.55. The summed E-state index contributed by atoms with van der Waals surface area (Å²) in [5.41, 5.74) is 2.62. The third-order valence-electron chi connectivity index (χ3n) is 5.69. The van der Waals surface area contributed by atoms with Crippen LogP contribution in [0.3, 0.4) is 0 Å². The molecule has 1 aliphatic rings. The van der Waals surface area contributed by atoms with Crippen LogP contribution < -0.4 is 15.0 Å². The van der Waals surface area contributed by atoms with Crippen LogP contribution in [0.2, 0.25) is 0 Å². The first-order valence-corrected chi connectivity index (χ1v) is 12.7. The van der Waals surface area contributed by atoms with E-state index in [1.807, 2.05) is 53.4 Å². The Kier molecular flexibility index (Phi) is 6.46. The second kappa shape index (κ2) is 9.82. The number of ether oxygens (including phenoxy) is 1. The summed E-state index contributed by atoms with van der Waals surface area (Å²) in [6, 6.07) is 19.4. The van der Waals surface area contributed by atoms with Gasteiger partial charge in [0.1, 0.15) is 5.75 Å². The third-order valence-corrected chi connectivity index (χ3v) is 7.64. The number of thioether (sulfide) groups is 1. The van der Waals surface area contributed by atoms with Crippen LogP contribution in [0.4, 0.5) is 10.8 Å². The molecule has 34 heavy (non-hydrogen) atoms. The minimum Gasteiger partial charge on any atom is -0.495 e. The van der Waals surface area contributed by atoms with Crippen LogP contribution in [0.15, 0.2) is 65.0 Å². The predicted octanol–water partition coefficient (Wildman–Crippen LogP) is 5.02. The largest absolute Gasteiger partial charge is 0.495 e. The average Bonchev–Trinajstić information content (AvgIpc) is 3.33. The first-order valence-electron chi connectivity index (χ1n) is 10.9. The summed E-state index contributed by atoms with van der Waals surface area (Å²) in [6.07, 6.45) is 1.95. The van der Waals surface area contributed by atoms with Crippen LogP contribution in [-0.2, 0) is 11.2 Å². The van der Waals surface area contributed by atoms with Crippen molar-refractivity contribution in [3.63, 3.8) is 0 Å². The van der Waals surface area contributed by atoms with Crippen molar-refractivity contribution in [1.82, 2.24) is 10.2 Å². The van der Waals surface area contributed by atoms with E-state index in [0.717, 1.165) is 35.8 Å². The summed E-state index contributed by atoms with van der Waals surface area (Å²) >= 11 is 2.57. The Labute approximate surface area is 205 Å². The van der Waals surface area contributed by atoms with Gasteiger partial charge in [-0.15, -0.1) is 10.2 Å². The molecule has 1 N–H and O–H groups in total. The molecule has 2 amide bonds. The number of nitrogens with zero attached hydrogens (tertiary/aromatic N) is 3. The summed E-state index contributed by atoms with van der Waals surface area (Å²) in [4.78, 5) is 27.6. The number of hydrogen-bond acceptors (Lipinski definition) is 7. The number of benzene rings is 3. The minimum absolute atomic E-state index is 0.0406. The second-order valence-electron chi connectivity index (χ2n) is 7.76. The highest BCUT2D eigenvalue weighted by Gasteiger charge is 2.23. The van der Waals surface area contributed by atoms with Gasteiger partial charge in [0, 0.05) is 17.6 Å². The lowest BCUT2D eigenvalue weighted by atomic mass is 10.0. The number of rotatable bonds is 6. The number of hydrogen-bond donors (Lipinski definition) is 1. The van der Waals surface area contributed by atoms with Gasteiger partial charge in [0.2, 0.25) is 11.0 Å². The maximum Gasteiger partial charge on any atom is 0.261 e. The Morgan fingerprint density at radius 2 is 1.91 bits per heavy atom. The Balaban J connectivity index is 1.24. The summed E-state index contributed by atoms with van der Waals surface area (Å²) in [5, 5.41) is 13.2. The topological polar surface area (TPSA) is 84.4 Å². The number of para-hydroxylation sites is 1. The second-order valence-corrected chi connectivity index (χ2v) is 9.96. The molecule has 0 atom stereocenters. The molecule has 0 saturated carbocycles. The Morgan fingerprint density at radius 3 is 2.79 bits per heavy atom. The molecule has 1 aromatic heterocycles. The molecule has 3 aromatic carbocycles. The molecule has 172 valence electrons. The third kappa shape index (κ3) is 4.49. The summed E-state index contributed by atoms with van der Waals surface area (Å²) < 4.78 is 6.15. The van der Waals surface area contributed by atoms with E-state index in [1.54, 1.807) is 13.2 Å². The molecule has 0 saturated heterocycles. The molecule has 0 fully saturated rings. The smallest absolute Gasteiger partial charge is 0.261 e. The number of nitrogens with one attached hydrogen (secondary N) is 1. The van der Waals surface area contributed by atoms with Crippen LogP contribution >= 0.6 is 23.1 Å². The van der Waals surface area contributed by atoms with Crippen molar-refractivity contribution in [3.8, 4) is 5.75 Å². The molecule has 4 aromatic rings. The fourth-order valence-electron chi connectivity index (χ4n) is 4.12. The Morgan fingerprint density at radius 1 is 1.09 bits per heavy atom. The lowest BCUT2D eigenvalue weighted by Gasteiger charge is -2.29. The van der Waals surface area contributed by atoms with Gasteiger partial charge in [-0.2, -0.15) is 0 Å². The molecular weight excluding hydrogens is 468 g/mol. The maximum atomic E-state index is 12.9. The Hall–Kier alpha value is -3.43. The van der Waals surface area contributed by atoms with Crippen molar-refractivity contribution < 1.29 is 14.3 Å².